The summed E-state index contributed by atoms with van der Waals surface area (Å²) in [4.78, 5) is 23.9. The number of carbonyl (C=O) groups is 1. The van der Waals surface area contributed by atoms with Crippen LogP contribution >= 0.6 is 11.9 Å². The summed E-state index contributed by atoms with van der Waals surface area (Å²) in [6.45, 7) is 8.25. The molecule has 236 valence electrons. The quantitative estimate of drug-likeness (QED) is 0.272. The molecule has 3 heterocycles. The standard InChI is InChI=1S/C36H49N5O2S/c1-26-33(42)35(3,38-44-26)34(43)40-23-20-36(21-24-40,28-13-7-5-8-14-28)19-22-39(4)29-15-9-6-10-16-30(25-29)41-27(2)37-31-17-11-12-18-32(31)41/h5,7-8,11-14,17-18,29-30,38,42H,6,9-10,15-16,19-25H2,1-4H3/t29-,30-,35?/m1/s1. The molecule has 1 saturated heterocycles. The van der Waals surface area contributed by atoms with E-state index in [9.17, 15) is 9.90 Å². The number of piperidine rings is 1. The van der Waals surface area contributed by atoms with Crippen LogP contribution in [0.3, 0.4) is 0 Å². The second-order valence-electron chi connectivity index (χ2n) is 13.6. The SMILES string of the molecule is CC1=C(O)C(C)(C(=O)N2CCC(CCN(C)[C@@H]3CCCCC[C@@H](n4c(C)nc5ccccc54)C3)(c3ccccc3)CC2)NS1. The highest BCUT2D eigenvalue weighted by Crippen LogP contribution is 2.42. The zero-order valence-electron chi connectivity index (χ0n) is 26.9. The summed E-state index contributed by atoms with van der Waals surface area (Å²) in [7, 11) is 2.33. The van der Waals surface area contributed by atoms with Crippen molar-refractivity contribution in [2.45, 2.75) is 102 Å². The highest BCUT2D eigenvalue weighted by Gasteiger charge is 2.47. The molecule has 3 aliphatic rings. The fourth-order valence-corrected chi connectivity index (χ4v) is 8.86. The third-order valence-electron chi connectivity index (χ3n) is 10.9. The first-order valence-corrected chi connectivity index (χ1v) is 17.4. The first-order chi connectivity index (χ1) is 21.2. The van der Waals surface area contributed by atoms with Gasteiger partial charge < -0.3 is 19.5 Å². The summed E-state index contributed by atoms with van der Waals surface area (Å²) in [5.41, 5.74) is 2.73. The number of aryl methyl sites for hydroxylation is 1. The molecule has 0 spiro atoms. The molecule has 2 fully saturated rings. The number of aliphatic hydroxyl groups excluding tert-OH is 1. The van der Waals surface area contributed by atoms with Crippen LogP contribution in [0.4, 0.5) is 0 Å². The molecule has 6 rings (SSSR count). The molecule has 7 nitrogen and oxygen atoms in total. The first kappa shape index (κ1) is 31.2. The number of carbonyl (C=O) groups excluding carboxylic acids is 1. The van der Waals surface area contributed by atoms with Crippen LogP contribution in [0.2, 0.25) is 0 Å². The van der Waals surface area contributed by atoms with Crippen molar-refractivity contribution in [2.24, 2.45) is 0 Å². The Balaban J connectivity index is 1.17. The molecule has 2 aliphatic heterocycles. The summed E-state index contributed by atoms with van der Waals surface area (Å²) in [6.07, 6.45) is 10.4. The van der Waals surface area contributed by atoms with Gasteiger partial charge in [0, 0.05) is 30.1 Å². The number of nitrogens with one attached hydrogen (secondary N) is 1. The van der Waals surface area contributed by atoms with Gasteiger partial charge in [0.1, 0.15) is 11.6 Å². The predicted molar refractivity (Wildman–Crippen MR) is 181 cm³/mol. The van der Waals surface area contributed by atoms with Crippen LogP contribution in [0.5, 0.6) is 0 Å². The minimum atomic E-state index is -1.05. The number of amides is 1. The van der Waals surface area contributed by atoms with E-state index in [1.54, 1.807) is 6.92 Å². The molecule has 1 unspecified atom stereocenters. The average molecular weight is 616 g/mol. The van der Waals surface area contributed by atoms with Crippen molar-refractivity contribution in [2.75, 3.05) is 26.7 Å². The summed E-state index contributed by atoms with van der Waals surface area (Å²) in [5, 5.41) is 10.7. The van der Waals surface area contributed by atoms with E-state index in [1.807, 2.05) is 11.8 Å². The molecule has 1 amide bonds. The maximum atomic E-state index is 13.6. The number of benzene rings is 2. The molecule has 1 aromatic heterocycles. The van der Waals surface area contributed by atoms with Gasteiger partial charge in [-0.1, -0.05) is 61.7 Å². The number of likely N-dealkylation sites (tertiary alicyclic amines) is 1. The molecule has 3 aromatic rings. The minimum Gasteiger partial charge on any atom is -0.509 e. The topological polar surface area (TPSA) is 73.6 Å². The Morgan fingerprint density at radius 2 is 1.75 bits per heavy atom. The van der Waals surface area contributed by atoms with E-state index in [0.29, 0.717) is 25.2 Å². The smallest absolute Gasteiger partial charge is 0.251 e. The molecule has 8 heteroatoms. The molecule has 0 bridgehead atoms. The molecular weight excluding hydrogens is 566 g/mol. The number of nitrogens with zero attached hydrogens (tertiary/aromatic N) is 4. The Morgan fingerprint density at radius 1 is 1.05 bits per heavy atom. The zero-order chi connectivity index (χ0) is 30.9. The van der Waals surface area contributed by atoms with E-state index in [2.05, 4.69) is 82.8 Å². The summed E-state index contributed by atoms with van der Waals surface area (Å²) in [5.74, 6) is 1.26. The molecule has 44 heavy (non-hydrogen) atoms. The van der Waals surface area contributed by atoms with Crippen molar-refractivity contribution in [3.63, 3.8) is 0 Å². The Morgan fingerprint density at radius 3 is 2.48 bits per heavy atom. The maximum Gasteiger partial charge on any atom is 0.251 e. The van der Waals surface area contributed by atoms with Crippen molar-refractivity contribution < 1.29 is 9.90 Å². The molecule has 3 atom stereocenters. The average Bonchev–Trinajstić information content (AvgIpc) is 3.51. The number of imidazole rings is 1. The molecule has 1 aliphatic carbocycles. The molecule has 2 aromatic carbocycles. The van der Waals surface area contributed by atoms with E-state index >= 15 is 0 Å². The Labute approximate surface area is 267 Å². The Kier molecular flexibility index (Phi) is 9.14. The van der Waals surface area contributed by atoms with Crippen molar-refractivity contribution in [3.05, 3.63) is 76.6 Å². The van der Waals surface area contributed by atoms with Gasteiger partial charge in [-0.15, -0.1) is 0 Å². The lowest BCUT2D eigenvalue weighted by Gasteiger charge is -2.45. The van der Waals surface area contributed by atoms with Crippen LogP contribution in [0.15, 0.2) is 65.3 Å². The second kappa shape index (κ2) is 12.9. The van der Waals surface area contributed by atoms with Crippen LogP contribution in [0.1, 0.15) is 89.1 Å². The predicted octanol–water partition coefficient (Wildman–Crippen LogP) is 7.29. The molecule has 0 radical (unpaired) electrons. The number of hydrogen-bond acceptors (Lipinski definition) is 6. The molecule has 2 N–H and O–H groups in total. The van der Waals surface area contributed by atoms with Gasteiger partial charge in [0.05, 0.1) is 11.0 Å². The van der Waals surface area contributed by atoms with Gasteiger partial charge in [0.25, 0.3) is 5.91 Å². The van der Waals surface area contributed by atoms with Crippen LogP contribution in [-0.4, -0.2) is 68.6 Å². The summed E-state index contributed by atoms with van der Waals surface area (Å²) < 4.78 is 5.70. The fraction of sp³-hybridized carbons (Fsp3) is 0.556. The Bertz CT molecular complexity index is 1490. The number of allylic oxidation sites excluding steroid dienone is 1. The maximum absolute atomic E-state index is 13.6. The highest BCUT2D eigenvalue weighted by atomic mass is 32.2. The number of hydrogen-bond donors (Lipinski definition) is 2. The number of aliphatic hydroxyl groups is 1. The van der Waals surface area contributed by atoms with Crippen LogP contribution < -0.4 is 4.72 Å². The lowest BCUT2D eigenvalue weighted by Crippen LogP contribution is -2.56. The van der Waals surface area contributed by atoms with Gasteiger partial charge in [0.2, 0.25) is 0 Å². The van der Waals surface area contributed by atoms with Crippen molar-refractivity contribution in [1.29, 1.82) is 0 Å². The lowest BCUT2D eigenvalue weighted by molar-refractivity contribution is -0.138. The number of para-hydroxylation sites is 2. The van der Waals surface area contributed by atoms with Crippen molar-refractivity contribution in [1.82, 2.24) is 24.1 Å². The second-order valence-corrected chi connectivity index (χ2v) is 14.6. The van der Waals surface area contributed by atoms with Crippen molar-refractivity contribution >= 4 is 28.9 Å². The molecular formula is C36H49N5O2S. The van der Waals surface area contributed by atoms with Gasteiger partial charge in [-0.05, 0) is 108 Å². The minimum absolute atomic E-state index is 0.0248. The van der Waals surface area contributed by atoms with E-state index in [-0.39, 0.29) is 17.1 Å². The normalized spacial score (nSPS) is 26.2. The van der Waals surface area contributed by atoms with Gasteiger partial charge in [0.15, 0.2) is 5.54 Å². The number of fused-ring (bicyclic) bond motifs is 1. The van der Waals surface area contributed by atoms with E-state index in [0.717, 1.165) is 48.5 Å². The lowest BCUT2D eigenvalue weighted by atomic mass is 9.70. The van der Waals surface area contributed by atoms with E-state index in [4.69, 9.17) is 4.98 Å². The van der Waals surface area contributed by atoms with E-state index in [1.165, 1.54) is 55.1 Å². The first-order valence-electron chi connectivity index (χ1n) is 16.5. The fourth-order valence-electron chi connectivity index (χ4n) is 8.02. The van der Waals surface area contributed by atoms with Gasteiger partial charge >= 0.3 is 0 Å². The summed E-state index contributed by atoms with van der Waals surface area (Å²) in [6, 6.07) is 20.6. The van der Waals surface area contributed by atoms with Gasteiger partial charge in [-0.25, -0.2) is 9.71 Å². The van der Waals surface area contributed by atoms with Gasteiger partial charge in [-0.3, -0.25) is 4.79 Å². The van der Waals surface area contributed by atoms with Gasteiger partial charge in [-0.2, -0.15) is 0 Å². The molecule has 1 saturated carbocycles. The monoisotopic (exact) mass is 615 g/mol. The highest BCUT2D eigenvalue weighted by molar-refractivity contribution is 8.01. The van der Waals surface area contributed by atoms with Crippen molar-refractivity contribution in [3.8, 4) is 0 Å². The van der Waals surface area contributed by atoms with Crippen LogP contribution in [0, 0.1) is 6.92 Å². The summed E-state index contributed by atoms with van der Waals surface area (Å²) >= 11 is 1.35. The number of rotatable bonds is 7. The largest absolute Gasteiger partial charge is 0.509 e. The third kappa shape index (κ3) is 5.93. The van der Waals surface area contributed by atoms with E-state index < -0.39 is 5.54 Å². The zero-order valence-corrected chi connectivity index (χ0v) is 27.7. The third-order valence-corrected chi connectivity index (χ3v) is 11.9. The van der Waals surface area contributed by atoms with Crippen LogP contribution in [-0.2, 0) is 10.2 Å². The van der Waals surface area contributed by atoms with Crippen LogP contribution in [0.25, 0.3) is 11.0 Å². The number of aromatic nitrogens is 2. The Hall–Kier alpha value is -2.81.